The van der Waals surface area contributed by atoms with Gasteiger partial charge in [-0.05, 0) is 0 Å². The van der Waals surface area contributed by atoms with E-state index in [2.05, 4.69) is 10.1 Å². The van der Waals surface area contributed by atoms with Crippen molar-refractivity contribution in [2.24, 2.45) is 5.10 Å². The second-order valence-corrected chi connectivity index (χ2v) is 6.46. The number of carbonyl (C=O) groups excluding carboxylic acids is 2. The van der Waals surface area contributed by atoms with Crippen molar-refractivity contribution in [1.82, 2.24) is 19.3 Å². The fraction of sp³-hybridized carbons (Fsp3) is 0.176. The van der Waals surface area contributed by atoms with Crippen molar-refractivity contribution >= 4 is 34.5 Å². The molecule has 1 aliphatic rings. The van der Waals surface area contributed by atoms with Crippen molar-refractivity contribution in [3.63, 3.8) is 0 Å². The van der Waals surface area contributed by atoms with Crippen molar-refractivity contribution in [2.45, 2.75) is 6.92 Å². The van der Waals surface area contributed by atoms with Gasteiger partial charge in [-0.25, -0.2) is 14.8 Å². The minimum atomic E-state index is -0.393. The summed E-state index contributed by atoms with van der Waals surface area (Å²) in [6.07, 6.45) is 3.56. The molecule has 8 heteroatoms. The quantitative estimate of drug-likeness (QED) is 0.680. The Morgan fingerprint density at radius 1 is 1.28 bits per heavy atom. The number of thiazole rings is 1. The van der Waals surface area contributed by atoms with Gasteiger partial charge in [-0.2, -0.15) is 5.10 Å². The summed E-state index contributed by atoms with van der Waals surface area (Å²) in [6.45, 7) is 2.13. The molecular formula is C17H15N5O2S. The van der Waals surface area contributed by atoms with Crippen LogP contribution in [0, 0.1) is 0 Å². The predicted molar refractivity (Wildman–Crippen MR) is 95.6 cm³/mol. The summed E-state index contributed by atoms with van der Waals surface area (Å²) >= 11 is 1.54. The highest BCUT2D eigenvalue weighted by Gasteiger charge is 2.31. The van der Waals surface area contributed by atoms with E-state index in [1.54, 1.807) is 6.21 Å². The molecular weight excluding hydrogens is 338 g/mol. The summed E-state index contributed by atoms with van der Waals surface area (Å²) in [5.41, 5.74) is 2.60. The Balaban J connectivity index is 1.71. The van der Waals surface area contributed by atoms with E-state index in [0.29, 0.717) is 13.1 Å². The maximum Gasteiger partial charge on any atom is 0.347 e. The zero-order chi connectivity index (χ0) is 17.4. The van der Waals surface area contributed by atoms with Crippen molar-refractivity contribution in [1.29, 1.82) is 0 Å². The molecule has 0 saturated carbocycles. The van der Waals surface area contributed by atoms with Gasteiger partial charge < -0.3 is 0 Å². The van der Waals surface area contributed by atoms with Gasteiger partial charge in [0.2, 0.25) is 5.91 Å². The van der Waals surface area contributed by atoms with Crippen LogP contribution in [0.2, 0.25) is 0 Å². The Morgan fingerprint density at radius 3 is 2.80 bits per heavy atom. The van der Waals surface area contributed by atoms with E-state index in [1.807, 2.05) is 46.3 Å². The summed E-state index contributed by atoms with van der Waals surface area (Å²) in [6, 6.07) is 9.45. The van der Waals surface area contributed by atoms with Crippen molar-refractivity contribution in [2.75, 3.05) is 13.1 Å². The molecule has 0 radical (unpaired) electrons. The maximum atomic E-state index is 12.2. The van der Waals surface area contributed by atoms with Gasteiger partial charge in [0.25, 0.3) is 0 Å². The van der Waals surface area contributed by atoms with Gasteiger partial charge in [-0.15, -0.1) is 11.3 Å². The van der Waals surface area contributed by atoms with Crippen molar-refractivity contribution in [3.05, 3.63) is 47.6 Å². The standard InChI is InChI=1S/C17H15N5O2S/c1-12(23)20-7-8-22(17(20)24)18-11-14-15(13-5-3-2-4-6-13)19-16-21(14)9-10-25-16/h2-6,9-11H,7-8H2,1H3/b18-11+. The second kappa shape index (κ2) is 6.14. The second-order valence-electron chi connectivity index (χ2n) is 5.59. The molecule has 3 aromatic rings. The topological polar surface area (TPSA) is 70.3 Å². The largest absolute Gasteiger partial charge is 0.347 e. The van der Waals surface area contributed by atoms with Crippen LogP contribution in [0.5, 0.6) is 0 Å². The van der Waals surface area contributed by atoms with Crippen LogP contribution in [0.1, 0.15) is 12.6 Å². The smallest absolute Gasteiger partial charge is 0.289 e. The molecule has 1 aromatic carbocycles. The molecule has 2 aromatic heterocycles. The number of imidazole rings is 1. The number of urea groups is 1. The van der Waals surface area contributed by atoms with Crippen LogP contribution in [0.25, 0.3) is 16.2 Å². The first-order valence-corrected chi connectivity index (χ1v) is 8.67. The van der Waals surface area contributed by atoms with Crippen LogP contribution < -0.4 is 0 Å². The van der Waals surface area contributed by atoms with Gasteiger partial charge >= 0.3 is 6.03 Å². The molecule has 3 amide bonds. The van der Waals surface area contributed by atoms with E-state index in [1.165, 1.54) is 28.2 Å². The molecule has 126 valence electrons. The van der Waals surface area contributed by atoms with Crippen molar-refractivity contribution < 1.29 is 9.59 Å². The van der Waals surface area contributed by atoms with Gasteiger partial charge in [0.15, 0.2) is 4.96 Å². The monoisotopic (exact) mass is 353 g/mol. The number of rotatable bonds is 3. The normalized spacial score (nSPS) is 15.0. The van der Waals surface area contributed by atoms with E-state index < -0.39 is 6.03 Å². The van der Waals surface area contributed by atoms with Crippen LogP contribution in [0.3, 0.4) is 0 Å². The van der Waals surface area contributed by atoms with E-state index in [4.69, 9.17) is 0 Å². The SMILES string of the molecule is CC(=O)N1CCN(/N=C/c2c(-c3ccccc3)nc3sccn23)C1=O. The number of fused-ring (bicyclic) bond motifs is 1. The highest BCUT2D eigenvalue weighted by atomic mass is 32.1. The molecule has 0 unspecified atom stereocenters. The Kier molecular flexibility index (Phi) is 3.81. The summed E-state index contributed by atoms with van der Waals surface area (Å²) in [5.74, 6) is -0.266. The molecule has 0 N–H and O–H groups in total. The average Bonchev–Trinajstić information content (AvgIpc) is 3.29. The molecule has 1 fully saturated rings. The van der Waals surface area contributed by atoms with Crippen LogP contribution >= 0.6 is 11.3 Å². The fourth-order valence-electron chi connectivity index (χ4n) is 2.78. The Labute approximate surface area is 147 Å². The first kappa shape index (κ1) is 15.5. The maximum absolute atomic E-state index is 12.2. The first-order valence-electron chi connectivity index (χ1n) is 7.79. The van der Waals surface area contributed by atoms with Crippen molar-refractivity contribution in [3.8, 4) is 11.3 Å². The lowest BCUT2D eigenvalue weighted by Crippen LogP contribution is -2.32. The number of carbonyl (C=O) groups is 2. The zero-order valence-corrected chi connectivity index (χ0v) is 14.3. The van der Waals surface area contributed by atoms with E-state index >= 15 is 0 Å². The third-order valence-corrected chi connectivity index (χ3v) is 4.79. The van der Waals surface area contributed by atoms with E-state index in [9.17, 15) is 9.59 Å². The summed E-state index contributed by atoms with van der Waals surface area (Å²) in [5, 5.41) is 7.56. The number of hydrogen-bond donors (Lipinski definition) is 0. The lowest BCUT2D eigenvalue weighted by Gasteiger charge is -2.11. The lowest BCUT2D eigenvalue weighted by atomic mass is 10.1. The van der Waals surface area contributed by atoms with Crippen LogP contribution in [0.4, 0.5) is 4.79 Å². The number of hydrogen-bond acceptors (Lipinski definition) is 5. The summed E-state index contributed by atoms with van der Waals surface area (Å²) < 4.78 is 1.94. The third-order valence-electron chi connectivity index (χ3n) is 4.03. The first-order chi connectivity index (χ1) is 12.1. The number of benzene rings is 1. The Bertz CT molecular complexity index is 976. The average molecular weight is 353 g/mol. The molecule has 25 heavy (non-hydrogen) atoms. The number of aromatic nitrogens is 2. The molecule has 0 bridgehead atoms. The highest BCUT2D eigenvalue weighted by Crippen LogP contribution is 2.25. The Morgan fingerprint density at radius 2 is 2.08 bits per heavy atom. The molecule has 0 spiro atoms. The van der Waals surface area contributed by atoms with Gasteiger partial charge in [0, 0.05) is 24.1 Å². The van der Waals surface area contributed by atoms with E-state index in [0.717, 1.165) is 21.9 Å². The van der Waals surface area contributed by atoms with Crippen LogP contribution in [-0.2, 0) is 4.79 Å². The fourth-order valence-corrected chi connectivity index (χ4v) is 3.51. The van der Waals surface area contributed by atoms with Crippen LogP contribution in [-0.4, -0.2) is 50.5 Å². The number of nitrogens with zero attached hydrogens (tertiary/aromatic N) is 5. The highest BCUT2D eigenvalue weighted by molar-refractivity contribution is 7.15. The molecule has 7 nitrogen and oxygen atoms in total. The number of imide groups is 1. The minimum Gasteiger partial charge on any atom is -0.289 e. The molecule has 0 aliphatic carbocycles. The molecule has 1 aliphatic heterocycles. The van der Waals surface area contributed by atoms with Gasteiger partial charge in [0.05, 0.1) is 30.7 Å². The third kappa shape index (κ3) is 2.70. The van der Waals surface area contributed by atoms with Crippen LogP contribution in [0.15, 0.2) is 47.0 Å². The van der Waals surface area contributed by atoms with Gasteiger partial charge in [-0.1, -0.05) is 30.3 Å². The Hall–Kier alpha value is -3.00. The van der Waals surface area contributed by atoms with Gasteiger partial charge in [0.1, 0.15) is 0 Å². The summed E-state index contributed by atoms with van der Waals surface area (Å²) in [4.78, 5) is 30.3. The molecule has 4 rings (SSSR count). The molecule has 0 atom stereocenters. The summed E-state index contributed by atoms with van der Waals surface area (Å²) in [7, 11) is 0. The molecule has 3 heterocycles. The number of amides is 3. The number of hydrazone groups is 1. The van der Waals surface area contributed by atoms with Gasteiger partial charge in [-0.3, -0.25) is 14.1 Å². The zero-order valence-electron chi connectivity index (χ0n) is 13.5. The minimum absolute atomic E-state index is 0.266. The predicted octanol–water partition coefficient (Wildman–Crippen LogP) is 2.68. The lowest BCUT2D eigenvalue weighted by molar-refractivity contribution is -0.125. The molecule has 1 saturated heterocycles. The van der Waals surface area contributed by atoms with E-state index in [-0.39, 0.29) is 5.91 Å².